The monoisotopic (exact) mass is 359 g/mol. The first kappa shape index (κ1) is 19.8. The van der Waals surface area contributed by atoms with Crippen molar-refractivity contribution in [2.75, 3.05) is 11.9 Å². The van der Waals surface area contributed by atoms with Gasteiger partial charge in [0.15, 0.2) is 0 Å². The van der Waals surface area contributed by atoms with Crippen LogP contribution in [0.15, 0.2) is 36.4 Å². The molecule has 1 aromatic carbocycles. The maximum atomic E-state index is 10.7. The van der Waals surface area contributed by atoms with Crippen molar-refractivity contribution in [3.05, 3.63) is 42.0 Å². The van der Waals surface area contributed by atoms with Crippen LogP contribution in [0.5, 0.6) is 0 Å². The summed E-state index contributed by atoms with van der Waals surface area (Å²) in [6, 6.07) is 10.6. The van der Waals surface area contributed by atoms with Crippen molar-refractivity contribution in [1.82, 2.24) is 0 Å². The highest BCUT2D eigenvalue weighted by Gasteiger charge is 2.22. The Bertz CT molecular complexity index is 566. The summed E-state index contributed by atoms with van der Waals surface area (Å²) in [6.07, 6.45) is 11.4. The van der Waals surface area contributed by atoms with Gasteiger partial charge in [-0.15, -0.1) is 0 Å². The Kier molecular flexibility index (Phi) is 7.75. The number of allylic oxidation sites excluding steroid dienone is 2. The third-order valence-electron chi connectivity index (χ3n) is 5.28. The fourth-order valence-corrected chi connectivity index (χ4v) is 6.13. The van der Waals surface area contributed by atoms with Crippen molar-refractivity contribution >= 4 is 19.7 Å². The molecule has 25 heavy (non-hydrogen) atoms. The van der Waals surface area contributed by atoms with Crippen LogP contribution >= 0.6 is 0 Å². The Labute approximate surface area is 153 Å². The van der Waals surface area contributed by atoms with Gasteiger partial charge in [0.25, 0.3) is 0 Å². The number of anilines is 1. The Balaban J connectivity index is 1.63. The minimum Gasteiger partial charge on any atom is -0.481 e. The summed E-state index contributed by atoms with van der Waals surface area (Å²) in [5, 5.41) is 12.3. The van der Waals surface area contributed by atoms with E-state index in [2.05, 4.69) is 30.6 Å². The van der Waals surface area contributed by atoms with Gasteiger partial charge in [-0.3, -0.25) is 4.79 Å². The Morgan fingerprint density at radius 3 is 2.60 bits per heavy atom. The highest BCUT2D eigenvalue weighted by atomic mass is 28.3. The number of nitrogens with one attached hydrogen (secondary N) is 1. The first-order valence-electron chi connectivity index (χ1n) is 9.64. The SMILES string of the molecule is C[Si](C)(CCCNc1ccc(CC(=O)O)cc1)CCC1CC=CCC1. The standard InChI is InChI=1S/C21H33NO2Si/c1-25(2,16-13-18-7-4-3-5-8-18)15-6-14-22-20-11-9-19(10-12-20)17-21(23)24/h3-4,9-12,18,22H,5-8,13-17H2,1-2H3,(H,23,24). The van der Waals surface area contributed by atoms with Crippen LogP contribution in [0.4, 0.5) is 5.69 Å². The van der Waals surface area contributed by atoms with E-state index in [4.69, 9.17) is 5.11 Å². The Morgan fingerprint density at radius 2 is 1.96 bits per heavy atom. The summed E-state index contributed by atoms with van der Waals surface area (Å²) in [7, 11) is -1.08. The van der Waals surface area contributed by atoms with E-state index in [1.165, 1.54) is 44.2 Å². The molecule has 0 aliphatic heterocycles. The van der Waals surface area contributed by atoms with Gasteiger partial charge < -0.3 is 10.4 Å². The molecule has 1 aliphatic rings. The fraction of sp³-hybridized carbons (Fsp3) is 0.571. The summed E-state index contributed by atoms with van der Waals surface area (Å²) in [5.41, 5.74) is 1.94. The van der Waals surface area contributed by atoms with Gasteiger partial charge in [0, 0.05) is 20.3 Å². The molecule has 1 atom stereocenters. The van der Waals surface area contributed by atoms with E-state index in [9.17, 15) is 4.79 Å². The number of benzene rings is 1. The third-order valence-corrected chi connectivity index (χ3v) is 8.63. The van der Waals surface area contributed by atoms with Crippen LogP contribution in [0, 0.1) is 5.92 Å². The van der Waals surface area contributed by atoms with Gasteiger partial charge in [0.05, 0.1) is 6.42 Å². The largest absolute Gasteiger partial charge is 0.481 e. The second-order valence-corrected chi connectivity index (χ2v) is 13.5. The summed E-state index contributed by atoms with van der Waals surface area (Å²) in [6.45, 7) is 6.07. The van der Waals surface area contributed by atoms with Gasteiger partial charge in [-0.1, -0.05) is 55.9 Å². The van der Waals surface area contributed by atoms with Gasteiger partial charge in [-0.2, -0.15) is 0 Å². The maximum absolute atomic E-state index is 10.7. The van der Waals surface area contributed by atoms with Gasteiger partial charge in [-0.25, -0.2) is 0 Å². The number of hydrogen-bond donors (Lipinski definition) is 2. The van der Waals surface area contributed by atoms with Crippen LogP contribution < -0.4 is 5.32 Å². The molecule has 0 aromatic heterocycles. The van der Waals surface area contributed by atoms with Gasteiger partial charge in [-0.05, 0) is 49.3 Å². The Hall–Kier alpha value is -1.55. The number of hydrogen-bond acceptors (Lipinski definition) is 2. The zero-order valence-corrected chi connectivity index (χ0v) is 16.8. The predicted molar refractivity (Wildman–Crippen MR) is 109 cm³/mol. The van der Waals surface area contributed by atoms with Crippen molar-refractivity contribution in [2.24, 2.45) is 5.92 Å². The molecule has 4 heteroatoms. The second kappa shape index (κ2) is 9.81. The quantitative estimate of drug-likeness (QED) is 0.326. The molecule has 0 saturated heterocycles. The number of rotatable bonds is 10. The lowest BCUT2D eigenvalue weighted by molar-refractivity contribution is -0.136. The molecule has 0 fully saturated rings. The molecule has 1 aromatic rings. The lowest BCUT2D eigenvalue weighted by Gasteiger charge is -2.26. The summed E-state index contributed by atoms with van der Waals surface area (Å²) < 4.78 is 0. The molecule has 138 valence electrons. The average Bonchev–Trinajstić information content (AvgIpc) is 2.59. The smallest absolute Gasteiger partial charge is 0.307 e. The molecule has 0 amide bonds. The molecule has 0 saturated carbocycles. The molecule has 0 bridgehead atoms. The van der Waals surface area contributed by atoms with E-state index in [-0.39, 0.29) is 6.42 Å². The van der Waals surface area contributed by atoms with Crippen molar-refractivity contribution in [3.8, 4) is 0 Å². The van der Waals surface area contributed by atoms with Crippen molar-refractivity contribution in [1.29, 1.82) is 0 Å². The summed E-state index contributed by atoms with van der Waals surface area (Å²) >= 11 is 0. The molecule has 0 heterocycles. The molecule has 2 rings (SSSR count). The van der Waals surface area contributed by atoms with Gasteiger partial charge in [0.1, 0.15) is 0 Å². The maximum Gasteiger partial charge on any atom is 0.307 e. The van der Waals surface area contributed by atoms with Gasteiger partial charge in [0.2, 0.25) is 0 Å². The van der Waals surface area contributed by atoms with Gasteiger partial charge >= 0.3 is 5.97 Å². The minimum absolute atomic E-state index is 0.0941. The van der Waals surface area contributed by atoms with Crippen molar-refractivity contribution < 1.29 is 9.90 Å². The lowest BCUT2D eigenvalue weighted by atomic mass is 9.92. The van der Waals surface area contributed by atoms with E-state index in [1.807, 2.05) is 24.3 Å². The molecule has 3 nitrogen and oxygen atoms in total. The topological polar surface area (TPSA) is 49.3 Å². The second-order valence-electron chi connectivity index (χ2n) is 8.15. The van der Waals surface area contributed by atoms with Crippen LogP contribution in [-0.2, 0) is 11.2 Å². The van der Waals surface area contributed by atoms with Crippen LogP contribution in [0.25, 0.3) is 0 Å². The molecular formula is C21H33NO2Si. The normalized spacial score (nSPS) is 17.4. The zero-order valence-electron chi connectivity index (χ0n) is 15.8. The van der Waals surface area contributed by atoms with E-state index in [1.54, 1.807) is 0 Å². The number of carboxylic acids is 1. The van der Waals surface area contributed by atoms with Crippen molar-refractivity contribution in [3.63, 3.8) is 0 Å². The van der Waals surface area contributed by atoms with Crippen LogP contribution in [0.2, 0.25) is 25.2 Å². The summed E-state index contributed by atoms with van der Waals surface area (Å²) in [5.74, 6) is 0.149. The van der Waals surface area contributed by atoms with E-state index in [0.717, 1.165) is 23.7 Å². The summed E-state index contributed by atoms with van der Waals surface area (Å²) in [4.78, 5) is 10.7. The lowest BCUT2D eigenvalue weighted by Crippen LogP contribution is -2.26. The number of carbonyl (C=O) groups is 1. The van der Waals surface area contributed by atoms with E-state index >= 15 is 0 Å². The molecular weight excluding hydrogens is 326 g/mol. The van der Waals surface area contributed by atoms with Crippen molar-refractivity contribution in [2.45, 2.75) is 63.7 Å². The molecule has 2 N–H and O–H groups in total. The zero-order chi connectivity index (χ0) is 18.1. The first-order chi connectivity index (χ1) is 11.9. The first-order valence-corrected chi connectivity index (χ1v) is 13.1. The van der Waals surface area contributed by atoms with E-state index < -0.39 is 14.0 Å². The average molecular weight is 360 g/mol. The highest BCUT2D eigenvalue weighted by molar-refractivity contribution is 6.77. The number of aliphatic carboxylic acids is 1. The van der Waals surface area contributed by atoms with E-state index in [0.29, 0.717) is 0 Å². The number of carboxylic acid groups (broad SMARTS) is 1. The fourth-order valence-electron chi connectivity index (χ4n) is 3.55. The van der Waals surface area contributed by atoms with Crippen LogP contribution in [-0.4, -0.2) is 25.7 Å². The molecule has 0 radical (unpaired) electrons. The molecule has 0 spiro atoms. The molecule has 1 unspecified atom stereocenters. The van der Waals surface area contributed by atoms with Crippen LogP contribution in [0.3, 0.4) is 0 Å². The third kappa shape index (κ3) is 7.91. The van der Waals surface area contributed by atoms with Crippen LogP contribution in [0.1, 0.15) is 37.7 Å². The molecule has 1 aliphatic carbocycles. The minimum atomic E-state index is -1.08. The predicted octanol–water partition coefficient (Wildman–Crippen LogP) is 5.57. The highest BCUT2D eigenvalue weighted by Crippen LogP contribution is 2.28. The Morgan fingerprint density at radius 1 is 1.20 bits per heavy atom.